The molecule has 0 aliphatic carbocycles. The van der Waals surface area contributed by atoms with Crippen LogP contribution in [0.25, 0.3) is 22.3 Å². The first-order chi connectivity index (χ1) is 18.4. The molecule has 2 aromatic heterocycles. The highest BCUT2D eigenvalue weighted by Crippen LogP contribution is 2.34. The molecule has 3 aromatic carbocycles. The van der Waals surface area contributed by atoms with Gasteiger partial charge in [0.25, 0.3) is 11.2 Å². The molecule has 0 bridgehead atoms. The minimum Gasteiger partial charge on any atom is -0.431 e. The van der Waals surface area contributed by atoms with Crippen LogP contribution >= 0.6 is 0 Å². The van der Waals surface area contributed by atoms with E-state index in [0.717, 1.165) is 16.9 Å². The molecule has 0 atom stereocenters. The van der Waals surface area contributed by atoms with E-state index in [2.05, 4.69) is 15.1 Å². The normalized spacial score (nSPS) is 11.1. The average Bonchev–Trinajstić information content (AvgIpc) is 2.93. The van der Waals surface area contributed by atoms with Gasteiger partial charge in [-0.25, -0.2) is 9.97 Å². The third kappa shape index (κ3) is 4.68. The maximum atomic E-state index is 13.4. The predicted octanol–water partition coefficient (Wildman–Crippen LogP) is 4.95. The third-order valence-electron chi connectivity index (χ3n) is 5.46. The lowest BCUT2D eigenvalue weighted by molar-refractivity contribution is -0.385. The van der Waals surface area contributed by atoms with Gasteiger partial charge in [0.05, 0.1) is 27.0 Å². The lowest BCUT2D eigenvalue weighted by Crippen LogP contribution is -2.20. The second-order valence-electron chi connectivity index (χ2n) is 7.85. The number of nitrogens with zero attached hydrogens (tertiary/aromatic N) is 6. The molecule has 0 fully saturated rings. The smallest absolute Gasteiger partial charge is 0.312 e. The van der Waals surface area contributed by atoms with Crippen molar-refractivity contribution in [2.24, 2.45) is 5.10 Å². The molecule has 12 nitrogen and oxygen atoms in total. The summed E-state index contributed by atoms with van der Waals surface area (Å²) < 4.78 is 6.79. The number of fused-ring (bicyclic) bond motifs is 1. The Balaban J connectivity index is 1.63. The zero-order valence-corrected chi connectivity index (χ0v) is 19.4. The van der Waals surface area contributed by atoms with Crippen LogP contribution in [0.15, 0.2) is 101 Å². The molecule has 38 heavy (non-hydrogen) atoms. The van der Waals surface area contributed by atoms with Crippen molar-refractivity contribution in [3.05, 3.63) is 127 Å². The van der Waals surface area contributed by atoms with Gasteiger partial charge in [0.1, 0.15) is 6.20 Å². The average molecular weight is 508 g/mol. The topological polar surface area (TPSA) is 156 Å². The summed E-state index contributed by atoms with van der Waals surface area (Å²) in [4.78, 5) is 43.2. The molecule has 0 radical (unpaired) electrons. The first-order valence-corrected chi connectivity index (χ1v) is 11.1. The standard InChI is InChI=1S/C26H16N6O6/c33-26-20-10-4-5-11-21(20)29-25(17-7-2-1-3-8-17)30(26)28-15-18-9-6-12-22(32(36)37)24(18)38-23-14-13-19(16-27-23)31(34)35/h1-16H. The van der Waals surface area contributed by atoms with E-state index in [1.54, 1.807) is 48.5 Å². The van der Waals surface area contributed by atoms with Crippen molar-refractivity contribution in [1.82, 2.24) is 14.6 Å². The number of hydrogen-bond acceptors (Lipinski definition) is 9. The molecular weight excluding hydrogens is 492 g/mol. The third-order valence-corrected chi connectivity index (χ3v) is 5.46. The van der Waals surface area contributed by atoms with Crippen LogP contribution in [0, 0.1) is 20.2 Å². The molecule has 0 saturated carbocycles. The first kappa shape index (κ1) is 23.9. The maximum absolute atomic E-state index is 13.4. The second-order valence-corrected chi connectivity index (χ2v) is 7.85. The lowest BCUT2D eigenvalue weighted by atomic mass is 10.2. The van der Waals surface area contributed by atoms with Crippen LogP contribution in [-0.2, 0) is 0 Å². The van der Waals surface area contributed by atoms with Gasteiger partial charge in [0, 0.05) is 29.3 Å². The number of hydrogen-bond donors (Lipinski definition) is 0. The largest absolute Gasteiger partial charge is 0.431 e. The fourth-order valence-electron chi connectivity index (χ4n) is 3.67. The van der Waals surface area contributed by atoms with E-state index in [0.29, 0.717) is 16.5 Å². The summed E-state index contributed by atoms with van der Waals surface area (Å²) in [6, 6.07) is 22.4. The van der Waals surface area contributed by atoms with Crippen molar-refractivity contribution in [3.8, 4) is 23.0 Å². The van der Waals surface area contributed by atoms with E-state index in [1.807, 2.05) is 6.07 Å². The number of benzene rings is 3. The predicted molar refractivity (Wildman–Crippen MR) is 138 cm³/mol. The molecule has 12 heteroatoms. The molecule has 0 amide bonds. The molecule has 5 rings (SSSR count). The molecule has 0 aliphatic heterocycles. The molecule has 0 unspecified atom stereocenters. The highest BCUT2D eigenvalue weighted by molar-refractivity contribution is 5.86. The number of rotatable bonds is 7. The van der Waals surface area contributed by atoms with Gasteiger partial charge < -0.3 is 4.74 Å². The van der Waals surface area contributed by atoms with Crippen LogP contribution in [-0.4, -0.2) is 30.7 Å². The minimum absolute atomic E-state index is 0.103. The SMILES string of the molecule is O=c1c2ccccc2nc(-c2ccccc2)n1N=Cc1cccc([N+](=O)[O-])c1Oc1ccc([N+](=O)[O-])cn1. The van der Waals surface area contributed by atoms with E-state index < -0.39 is 15.4 Å². The molecule has 0 aliphatic rings. The number of para-hydroxylation sites is 2. The Morgan fingerprint density at radius 2 is 1.63 bits per heavy atom. The van der Waals surface area contributed by atoms with Crippen molar-refractivity contribution in [1.29, 1.82) is 0 Å². The van der Waals surface area contributed by atoms with Crippen molar-refractivity contribution in [2.45, 2.75) is 0 Å². The number of ether oxygens (including phenoxy) is 1. The number of pyridine rings is 1. The van der Waals surface area contributed by atoms with E-state index >= 15 is 0 Å². The Morgan fingerprint density at radius 1 is 0.868 bits per heavy atom. The number of nitro benzene ring substituents is 1. The maximum Gasteiger partial charge on any atom is 0.312 e. The van der Waals surface area contributed by atoms with Crippen molar-refractivity contribution >= 4 is 28.5 Å². The zero-order valence-electron chi connectivity index (χ0n) is 19.4. The summed E-state index contributed by atoms with van der Waals surface area (Å²) in [5.74, 6) is -0.0322. The fraction of sp³-hybridized carbons (Fsp3) is 0. The minimum atomic E-state index is -0.642. The summed E-state index contributed by atoms with van der Waals surface area (Å²) >= 11 is 0. The highest BCUT2D eigenvalue weighted by Gasteiger charge is 2.21. The highest BCUT2D eigenvalue weighted by atomic mass is 16.6. The molecular formula is C26H16N6O6. The summed E-state index contributed by atoms with van der Waals surface area (Å²) in [5, 5.41) is 27.3. The van der Waals surface area contributed by atoms with Gasteiger partial charge in [0.15, 0.2) is 5.82 Å². The second kappa shape index (κ2) is 10.1. The van der Waals surface area contributed by atoms with Gasteiger partial charge in [-0.15, -0.1) is 0 Å². The van der Waals surface area contributed by atoms with E-state index in [-0.39, 0.29) is 34.4 Å². The molecule has 2 heterocycles. The summed E-state index contributed by atoms with van der Waals surface area (Å²) in [6.07, 6.45) is 2.22. The monoisotopic (exact) mass is 508 g/mol. The summed E-state index contributed by atoms with van der Waals surface area (Å²) in [6.45, 7) is 0. The summed E-state index contributed by atoms with van der Waals surface area (Å²) in [7, 11) is 0. The molecule has 0 spiro atoms. The van der Waals surface area contributed by atoms with Gasteiger partial charge >= 0.3 is 5.69 Å². The first-order valence-electron chi connectivity index (χ1n) is 11.1. The van der Waals surface area contributed by atoms with Crippen LogP contribution in [0.2, 0.25) is 0 Å². The Bertz CT molecular complexity index is 1770. The lowest BCUT2D eigenvalue weighted by Gasteiger charge is -2.10. The number of aromatic nitrogens is 3. The number of nitro groups is 2. The van der Waals surface area contributed by atoms with Gasteiger partial charge in [-0.05, 0) is 18.2 Å². The fourth-order valence-corrected chi connectivity index (χ4v) is 3.67. The van der Waals surface area contributed by atoms with E-state index in [1.165, 1.54) is 30.5 Å². The molecule has 0 saturated heterocycles. The van der Waals surface area contributed by atoms with Crippen LogP contribution in [0.4, 0.5) is 11.4 Å². The molecule has 0 N–H and O–H groups in total. The molecule has 186 valence electrons. The van der Waals surface area contributed by atoms with Crippen LogP contribution in [0.5, 0.6) is 11.6 Å². The molecule has 5 aromatic rings. The zero-order chi connectivity index (χ0) is 26.6. The van der Waals surface area contributed by atoms with E-state index in [9.17, 15) is 25.0 Å². The Labute approximate surface area is 213 Å². The Morgan fingerprint density at radius 3 is 2.34 bits per heavy atom. The van der Waals surface area contributed by atoms with Crippen LogP contribution < -0.4 is 10.3 Å². The van der Waals surface area contributed by atoms with Gasteiger partial charge in [-0.2, -0.15) is 9.78 Å². The quantitative estimate of drug-likeness (QED) is 0.170. The van der Waals surface area contributed by atoms with Crippen LogP contribution in [0.1, 0.15) is 5.56 Å². The Kier molecular flexibility index (Phi) is 6.34. The van der Waals surface area contributed by atoms with Crippen molar-refractivity contribution in [2.75, 3.05) is 0 Å². The van der Waals surface area contributed by atoms with Crippen molar-refractivity contribution < 1.29 is 14.6 Å². The van der Waals surface area contributed by atoms with Gasteiger partial charge in [-0.3, -0.25) is 25.0 Å². The van der Waals surface area contributed by atoms with Crippen molar-refractivity contribution in [3.63, 3.8) is 0 Å². The van der Waals surface area contributed by atoms with E-state index in [4.69, 9.17) is 4.74 Å². The Hall–Kier alpha value is -5.78. The van der Waals surface area contributed by atoms with Gasteiger partial charge in [0.2, 0.25) is 11.6 Å². The van der Waals surface area contributed by atoms with Crippen LogP contribution in [0.3, 0.4) is 0 Å². The van der Waals surface area contributed by atoms with Gasteiger partial charge in [-0.1, -0.05) is 48.5 Å². The summed E-state index contributed by atoms with van der Waals surface area (Å²) in [5.41, 5.74) is 0.207.